The molecule has 2 N–H and O–H groups in total. The first kappa shape index (κ1) is 20.1. The van der Waals surface area contributed by atoms with Crippen LogP contribution in [0, 0.1) is 0 Å². The summed E-state index contributed by atoms with van der Waals surface area (Å²) in [5.74, 6) is 0.148. The smallest absolute Gasteiger partial charge is 0.220 e. The second kappa shape index (κ2) is 15.5. The predicted octanol–water partition coefficient (Wildman–Crippen LogP) is 3.07. The highest BCUT2D eigenvalue weighted by Crippen LogP contribution is 2.05. The van der Waals surface area contributed by atoms with Crippen molar-refractivity contribution >= 4 is 5.91 Å². The molecule has 0 unspecified atom stereocenters. The quantitative estimate of drug-likeness (QED) is 0.277. The van der Waals surface area contributed by atoms with Gasteiger partial charge in [-0.15, -0.1) is 6.58 Å². The van der Waals surface area contributed by atoms with Gasteiger partial charge in [0.05, 0.1) is 6.67 Å². The van der Waals surface area contributed by atoms with Crippen molar-refractivity contribution in [3.63, 3.8) is 0 Å². The van der Waals surface area contributed by atoms with Gasteiger partial charge in [0.1, 0.15) is 0 Å². The van der Waals surface area contributed by atoms with E-state index in [1.54, 1.807) is 0 Å². The molecule has 4 nitrogen and oxygen atoms in total. The number of rotatable bonds is 15. The highest BCUT2D eigenvalue weighted by Gasteiger charge is 2.03. The summed E-state index contributed by atoms with van der Waals surface area (Å²) < 4.78 is 0. The van der Waals surface area contributed by atoms with Crippen LogP contribution < -0.4 is 5.32 Å². The minimum atomic E-state index is 0.148. The fourth-order valence-electron chi connectivity index (χ4n) is 2.17. The number of carbonyl (C=O) groups is 1. The summed E-state index contributed by atoms with van der Waals surface area (Å²) in [6.07, 6.45) is 12.4. The number of hydrogen-bond donors (Lipinski definition) is 2. The van der Waals surface area contributed by atoms with Crippen LogP contribution in [0.4, 0.5) is 0 Å². The number of hydrogen-bond acceptors (Lipinski definition) is 3. The van der Waals surface area contributed by atoms with Crippen molar-refractivity contribution in [1.29, 1.82) is 0 Å². The van der Waals surface area contributed by atoms with Crippen molar-refractivity contribution in [2.45, 2.75) is 64.2 Å². The van der Waals surface area contributed by atoms with Crippen LogP contribution in [0.3, 0.4) is 0 Å². The van der Waals surface area contributed by atoms with Crippen molar-refractivity contribution < 1.29 is 9.90 Å². The number of aliphatic hydroxyl groups excluding tert-OH is 1. The van der Waals surface area contributed by atoms with Crippen LogP contribution in [0.5, 0.6) is 0 Å². The largest absolute Gasteiger partial charge is 0.396 e. The molecule has 0 aromatic heterocycles. The number of nitrogens with one attached hydrogen (secondary N) is 1. The summed E-state index contributed by atoms with van der Waals surface area (Å²) in [6.45, 7) is 5.66. The van der Waals surface area contributed by atoms with E-state index in [0.717, 1.165) is 38.6 Å². The maximum absolute atomic E-state index is 11.6. The second-order valence-electron chi connectivity index (χ2n) is 5.72. The van der Waals surface area contributed by atoms with Crippen molar-refractivity contribution in [2.24, 2.45) is 0 Å². The van der Waals surface area contributed by atoms with Crippen molar-refractivity contribution in [2.75, 3.05) is 26.9 Å². The molecule has 0 aliphatic heterocycles. The molecule has 0 aliphatic rings. The van der Waals surface area contributed by atoms with Gasteiger partial charge in [-0.2, -0.15) is 0 Å². The minimum Gasteiger partial charge on any atom is -0.396 e. The summed E-state index contributed by atoms with van der Waals surface area (Å²) in [4.78, 5) is 13.8. The monoisotopic (exact) mass is 298 g/mol. The number of aliphatic hydroxyl groups is 1. The summed E-state index contributed by atoms with van der Waals surface area (Å²) in [5, 5.41) is 11.6. The SMILES string of the molecule is C=CCCCCC(=O)NCN(C)CCCCCCCCO. The van der Waals surface area contributed by atoms with Crippen LogP contribution in [0.2, 0.25) is 0 Å². The maximum Gasteiger partial charge on any atom is 0.220 e. The third kappa shape index (κ3) is 15.3. The van der Waals surface area contributed by atoms with E-state index in [1.807, 2.05) is 13.1 Å². The average molecular weight is 298 g/mol. The van der Waals surface area contributed by atoms with Crippen LogP contribution in [-0.2, 0) is 4.79 Å². The van der Waals surface area contributed by atoms with Gasteiger partial charge in [-0.05, 0) is 45.7 Å². The Bertz CT molecular complexity index is 257. The molecule has 0 radical (unpaired) electrons. The highest BCUT2D eigenvalue weighted by molar-refractivity contribution is 5.75. The first-order valence-corrected chi connectivity index (χ1v) is 8.37. The van der Waals surface area contributed by atoms with Gasteiger partial charge < -0.3 is 10.4 Å². The first-order chi connectivity index (χ1) is 10.2. The van der Waals surface area contributed by atoms with Gasteiger partial charge in [0.2, 0.25) is 5.91 Å². The minimum absolute atomic E-state index is 0.148. The van der Waals surface area contributed by atoms with Gasteiger partial charge in [0.25, 0.3) is 0 Å². The summed E-state index contributed by atoms with van der Waals surface area (Å²) in [5.41, 5.74) is 0. The molecular formula is C17H34N2O2. The van der Waals surface area contributed by atoms with E-state index in [4.69, 9.17) is 5.11 Å². The highest BCUT2D eigenvalue weighted by atomic mass is 16.2. The van der Waals surface area contributed by atoms with E-state index in [9.17, 15) is 4.79 Å². The van der Waals surface area contributed by atoms with Crippen molar-refractivity contribution in [1.82, 2.24) is 10.2 Å². The summed E-state index contributed by atoms with van der Waals surface area (Å²) >= 11 is 0. The molecule has 0 aliphatic carbocycles. The van der Waals surface area contributed by atoms with Gasteiger partial charge in [-0.1, -0.05) is 31.8 Å². The molecule has 0 saturated carbocycles. The number of amides is 1. The zero-order chi connectivity index (χ0) is 15.8. The molecule has 21 heavy (non-hydrogen) atoms. The number of unbranched alkanes of at least 4 members (excludes halogenated alkanes) is 7. The molecule has 4 heteroatoms. The van der Waals surface area contributed by atoms with Crippen LogP contribution in [0.25, 0.3) is 0 Å². The lowest BCUT2D eigenvalue weighted by Gasteiger charge is -2.17. The molecule has 124 valence electrons. The van der Waals surface area contributed by atoms with Crippen LogP contribution in [-0.4, -0.2) is 42.8 Å². The Hall–Kier alpha value is -0.870. The Morgan fingerprint density at radius 1 is 1.10 bits per heavy atom. The van der Waals surface area contributed by atoms with E-state index in [1.165, 1.54) is 25.7 Å². The third-order valence-corrected chi connectivity index (χ3v) is 3.56. The summed E-state index contributed by atoms with van der Waals surface area (Å²) in [6, 6.07) is 0. The molecule has 0 rings (SSSR count). The van der Waals surface area contributed by atoms with E-state index in [-0.39, 0.29) is 5.91 Å². The Kier molecular flexibility index (Phi) is 14.9. The van der Waals surface area contributed by atoms with Crippen LogP contribution in [0.15, 0.2) is 12.7 Å². The van der Waals surface area contributed by atoms with Crippen molar-refractivity contribution in [3.05, 3.63) is 12.7 Å². The number of carbonyl (C=O) groups excluding carboxylic acids is 1. The molecule has 0 aromatic rings. The van der Waals surface area contributed by atoms with Gasteiger partial charge in [0.15, 0.2) is 0 Å². The Morgan fingerprint density at radius 2 is 1.76 bits per heavy atom. The van der Waals surface area contributed by atoms with E-state index >= 15 is 0 Å². The van der Waals surface area contributed by atoms with Gasteiger partial charge in [-0.25, -0.2) is 0 Å². The first-order valence-electron chi connectivity index (χ1n) is 8.37. The molecular weight excluding hydrogens is 264 g/mol. The third-order valence-electron chi connectivity index (χ3n) is 3.56. The normalized spacial score (nSPS) is 10.8. The van der Waals surface area contributed by atoms with E-state index < -0.39 is 0 Å². The molecule has 0 spiro atoms. The average Bonchev–Trinajstić information content (AvgIpc) is 2.48. The Morgan fingerprint density at radius 3 is 2.43 bits per heavy atom. The van der Waals surface area contributed by atoms with E-state index in [2.05, 4.69) is 16.8 Å². The molecule has 1 amide bonds. The lowest BCUT2D eigenvalue weighted by Crippen LogP contribution is -2.35. The lowest BCUT2D eigenvalue weighted by molar-refractivity contribution is -0.121. The van der Waals surface area contributed by atoms with Crippen molar-refractivity contribution in [3.8, 4) is 0 Å². The zero-order valence-corrected chi connectivity index (χ0v) is 13.8. The predicted molar refractivity (Wildman–Crippen MR) is 89.1 cm³/mol. The van der Waals surface area contributed by atoms with Gasteiger partial charge >= 0.3 is 0 Å². The topological polar surface area (TPSA) is 52.6 Å². The van der Waals surface area contributed by atoms with Gasteiger partial charge in [-0.3, -0.25) is 9.69 Å². The molecule has 0 heterocycles. The molecule has 0 fully saturated rings. The standard InChI is InChI=1S/C17H34N2O2/c1-3-4-5-10-13-17(21)18-16-19(2)14-11-8-6-7-9-12-15-20/h3,20H,1,4-16H2,2H3,(H,18,21). The molecule has 0 bridgehead atoms. The zero-order valence-electron chi connectivity index (χ0n) is 13.8. The second-order valence-corrected chi connectivity index (χ2v) is 5.72. The molecule has 0 saturated heterocycles. The van der Waals surface area contributed by atoms with Gasteiger partial charge in [0, 0.05) is 13.0 Å². The number of allylic oxidation sites excluding steroid dienone is 1. The lowest BCUT2D eigenvalue weighted by atomic mass is 10.1. The summed E-state index contributed by atoms with van der Waals surface area (Å²) in [7, 11) is 2.05. The Labute approximate surface area is 130 Å². The van der Waals surface area contributed by atoms with Crippen LogP contribution in [0.1, 0.15) is 64.2 Å². The van der Waals surface area contributed by atoms with Crippen LogP contribution >= 0.6 is 0 Å². The molecule has 0 aromatic carbocycles. The fourth-order valence-corrected chi connectivity index (χ4v) is 2.17. The number of nitrogens with zero attached hydrogens (tertiary/aromatic N) is 1. The Balaban J connectivity index is 3.34. The fraction of sp³-hybridized carbons (Fsp3) is 0.824. The maximum atomic E-state index is 11.6. The molecule has 0 atom stereocenters. The van der Waals surface area contributed by atoms with E-state index in [0.29, 0.717) is 19.7 Å².